The Kier molecular flexibility index (Phi) is 5.58. The summed E-state index contributed by atoms with van der Waals surface area (Å²) in [5, 5.41) is 9.46. The van der Waals surface area contributed by atoms with Crippen LogP contribution in [0.25, 0.3) is 11.1 Å². The highest BCUT2D eigenvalue weighted by Gasteiger charge is 2.34. The fourth-order valence-corrected chi connectivity index (χ4v) is 3.26. The molecule has 2 atom stereocenters. The van der Waals surface area contributed by atoms with Crippen LogP contribution in [0.5, 0.6) is 5.75 Å². The zero-order valence-corrected chi connectivity index (χ0v) is 15.2. The van der Waals surface area contributed by atoms with E-state index in [1.165, 1.54) is 5.56 Å². The first-order valence-electron chi connectivity index (χ1n) is 9.05. The van der Waals surface area contributed by atoms with Crippen molar-refractivity contribution in [1.82, 2.24) is 0 Å². The fraction of sp³-hybridized carbons (Fsp3) is 0.364. The van der Waals surface area contributed by atoms with E-state index in [4.69, 9.17) is 9.47 Å². The van der Waals surface area contributed by atoms with Crippen molar-refractivity contribution >= 4 is 5.97 Å². The van der Waals surface area contributed by atoms with E-state index >= 15 is 0 Å². The van der Waals surface area contributed by atoms with Gasteiger partial charge < -0.3 is 9.47 Å². The van der Waals surface area contributed by atoms with E-state index in [0.29, 0.717) is 17.7 Å². The van der Waals surface area contributed by atoms with Gasteiger partial charge in [0.2, 0.25) is 0 Å². The van der Waals surface area contributed by atoms with Crippen molar-refractivity contribution in [3.8, 4) is 22.9 Å². The molecule has 26 heavy (non-hydrogen) atoms. The lowest BCUT2D eigenvalue weighted by Gasteiger charge is -2.13. The molecule has 1 saturated heterocycles. The zero-order chi connectivity index (χ0) is 18.5. The molecule has 2 aromatic carbocycles. The van der Waals surface area contributed by atoms with Gasteiger partial charge in [0.25, 0.3) is 0 Å². The molecule has 1 heterocycles. The quantitative estimate of drug-likeness (QED) is 0.713. The monoisotopic (exact) mass is 349 g/mol. The van der Waals surface area contributed by atoms with Gasteiger partial charge in [0.05, 0.1) is 11.5 Å². The number of nitriles is 1. The molecular weight excluding hydrogens is 326 g/mol. The lowest BCUT2D eigenvalue weighted by atomic mass is 10.00. The molecule has 0 N–H and O–H groups in total. The van der Waals surface area contributed by atoms with Crippen LogP contribution >= 0.6 is 0 Å². The lowest BCUT2D eigenvalue weighted by molar-refractivity contribution is -0.145. The summed E-state index contributed by atoms with van der Waals surface area (Å²) in [6, 6.07) is 16.0. The van der Waals surface area contributed by atoms with Gasteiger partial charge in [0.1, 0.15) is 24.5 Å². The number of cyclic esters (lactones) is 1. The molecule has 0 bridgehead atoms. The van der Waals surface area contributed by atoms with Crippen LogP contribution in [0.1, 0.15) is 37.3 Å². The van der Waals surface area contributed by atoms with Crippen LogP contribution in [0.3, 0.4) is 0 Å². The second-order valence-electron chi connectivity index (χ2n) is 6.78. The first-order chi connectivity index (χ1) is 12.6. The van der Waals surface area contributed by atoms with Gasteiger partial charge in [0.15, 0.2) is 0 Å². The van der Waals surface area contributed by atoms with Crippen molar-refractivity contribution < 1.29 is 14.3 Å². The van der Waals surface area contributed by atoms with Crippen LogP contribution in [-0.4, -0.2) is 18.7 Å². The Morgan fingerprint density at radius 3 is 2.62 bits per heavy atom. The number of ether oxygens (including phenoxy) is 2. The third kappa shape index (κ3) is 4.05. The van der Waals surface area contributed by atoms with E-state index in [1.807, 2.05) is 49.4 Å². The van der Waals surface area contributed by atoms with Gasteiger partial charge >= 0.3 is 5.97 Å². The van der Waals surface area contributed by atoms with Crippen LogP contribution in [0, 0.1) is 24.2 Å². The van der Waals surface area contributed by atoms with E-state index < -0.39 is 0 Å². The number of nitrogens with zero attached hydrogens (tertiary/aromatic N) is 1. The molecule has 134 valence electrons. The van der Waals surface area contributed by atoms with Crippen LogP contribution in [0.2, 0.25) is 0 Å². The number of carbonyl (C=O) groups is 1. The Balaban J connectivity index is 1.68. The van der Waals surface area contributed by atoms with E-state index in [-0.39, 0.29) is 24.6 Å². The van der Waals surface area contributed by atoms with Gasteiger partial charge in [-0.25, -0.2) is 0 Å². The summed E-state index contributed by atoms with van der Waals surface area (Å²) < 4.78 is 11.2. The minimum atomic E-state index is -0.234. The van der Waals surface area contributed by atoms with Crippen LogP contribution in [0.4, 0.5) is 0 Å². The molecule has 1 aliphatic heterocycles. The molecule has 2 aromatic rings. The second kappa shape index (κ2) is 8.05. The molecule has 4 heteroatoms. The highest BCUT2D eigenvalue weighted by atomic mass is 16.6. The largest absolute Gasteiger partial charge is 0.488 e. The number of aryl methyl sites for hydroxylation is 1. The molecule has 3 rings (SSSR count). The zero-order valence-electron chi connectivity index (χ0n) is 15.2. The third-order valence-electron chi connectivity index (χ3n) is 4.71. The van der Waals surface area contributed by atoms with E-state index in [9.17, 15) is 10.1 Å². The topological polar surface area (TPSA) is 59.3 Å². The van der Waals surface area contributed by atoms with Gasteiger partial charge in [-0.05, 0) is 36.6 Å². The van der Waals surface area contributed by atoms with Gasteiger partial charge in [-0.3, -0.25) is 4.79 Å². The minimum Gasteiger partial charge on any atom is -0.488 e. The molecule has 0 aliphatic carbocycles. The molecule has 0 saturated carbocycles. The maximum absolute atomic E-state index is 11.8. The number of hydrogen-bond donors (Lipinski definition) is 0. The molecule has 0 radical (unpaired) electrons. The Morgan fingerprint density at radius 2 is 1.92 bits per heavy atom. The van der Waals surface area contributed by atoms with Crippen LogP contribution in [-0.2, 0) is 9.53 Å². The van der Waals surface area contributed by atoms with Crippen molar-refractivity contribution in [3.63, 3.8) is 0 Å². The predicted molar refractivity (Wildman–Crippen MR) is 99.7 cm³/mol. The highest BCUT2D eigenvalue weighted by molar-refractivity contribution is 5.74. The summed E-state index contributed by atoms with van der Waals surface area (Å²) in [4.78, 5) is 11.8. The summed E-state index contributed by atoms with van der Waals surface area (Å²) >= 11 is 0. The number of carbonyl (C=O) groups excluding carboxylic acids is 1. The summed E-state index contributed by atoms with van der Waals surface area (Å²) in [5.74, 6) is 0.377. The average Bonchev–Trinajstić information content (AvgIpc) is 3.00. The van der Waals surface area contributed by atoms with Gasteiger partial charge in [-0.1, -0.05) is 49.2 Å². The lowest BCUT2D eigenvalue weighted by Crippen LogP contribution is -2.17. The maximum Gasteiger partial charge on any atom is 0.309 e. The van der Waals surface area contributed by atoms with Gasteiger partial charge in [-0.15, -0.1) is 0 Å². The summed E-state index contributed by atoms with van der Waals surface area (Å²) in [7, 11) is 0. The van der Waals surface area contributed by atoms with Crippen molar-refractivity contribution in [2.24, 2.45) is 5.92 Å². The smallest absolute Gasteiger partial charge is 0.309 e. The number of esters is 1. The average molecular weight is 349 g/mol. The summed E-state index contributed by atoms with van der Waals surface area (Å²) in [6.07, 6.45) is 2.27. The molecule has 4 nitrogen and oxygen atoms in total. The Hall–Kier alpha value is -2.80. The fourth-order valence-electron chi connectivity index (χ4n) is 3.26. The molecule has 1 fully saturated rings. The SMILES string of the molecule is CCCC1CC(COc2ccc(-c3ccc(C)cc3)cc2C#N)OC1=O. The van der Waals surface area contributed by atoms with Gasteiger partial charge in [0, 0.05) is 6.42 Å². The maximum atomic E-state index is 11.8. The number of benzene rings is 2. The minimum absolute atomic E-state index is 0.0204. The Labute approximate surface area is 154 Å². The molecule has 0 amide bonds. The second-order valence-corrected chi connectivity index (χ2v) is 6.78. The number of hydrogen-bond acceptors (Lipinski definition) is 4. The van der Waals surface area contributed by atoms with Crippen molar-refractivity contribution in [2.45, 2.75) is 39.2 Å². The van der Waals surface area contributed by atoms with E-state index in [2.05, 4.69) is 13.0 Å². The van der Waals surface area contributed by atoms with Crippen LogP contribution < -0.4 is 4.74 Å². The predicted octanol–water partition coefficient (Wildman–Crippen LogP) is 4.64. The van der Waals surface area contributed by atoms with Crippen LogP contribution in [0.15, 0.2) is 42.5 Å². The molecular formula is C22H23NO3. The first kappa shape index (κ1) is 18.0. The molecule has 2 unspecified atom stereocenters. The molecule has 0 aromatic heterocycles. The van der Waals surface area contributed by atoms with Crippen molar-refractivity contribution in [3.05, 3.63) is 53.6 Å². The Bertz CT molecular complexity index is 820. The van der Waals surface area contributed by atoms with E-state index in [0.717, 1.165) is 24.0 Å². The van der Waals surface area contributed by atoms with Crippen molar-refractivity contribution in [2.75, 3.05) is 6.61 Å². The third-order valence-corrected chi connectivity index (χ3v) is 4.71. The van der Waals surface area contributed by atoms with Gasteiger partial charge in [-0.2, -0.15) is 5.26 Å². The van der Waals surface area contributed by atoms with E-state index in [1.54, 1.807) is 0 Å². The summed E-state index contributed by atoms with van der Waals surface area (Å²) in [6.45, 7) is 4.39. The first-order valence-corrected chi connectivity index (χ1v) is 9.05. The number of rotatable bonds is 6. The molecule has 1 aliphatic rings. The summed E-state index contributed by atoms with van der Waals surface area (Å²) in [5.41, 5.74) is 3.72. The normalized spacial score (nSPS) is 19.0. The van der Waals surface area contributed by atoms with Crippen molar-refractivity contribution in [1.29, 1.82) is 5.26 Å². The standard InChI is InChI=1S/C22H23NO3/c1-3-4-18-12-20(26-22(18)24)14-25-21-10-9-17(11-19(21)13-23)16-7-5-15(2)6-8-16/h5-11,18,20H,3-4,12,14H2,1-2H3. The Morgan fingerprint density at radius 1 is 1.19 bits per heavy atom. The highest BCUT2D eigenvalue weighted by Crippen LogP contribution is 2.29. The molecule has 0 spiro atoms.